The maximum atomic E-state index is 12.4. The molecule has 0 saturated carbocycles. The van der Waals surface area contributed by atoms with Gasteiger partial charge in [0.2, 0.25) is 5.91 Å². The number of anilines is 2. The van der Waals surface area contributed by atoms with Crippen molar-refractivity contribution in [2.45, 2.75) is 53.4 Å². The number of nitrogens with zero attached hydrogens (tertiary/aromatic N) is 1. The van der Waals surface area contributed by atoms with E-state index in [1.807, 2.05) is 39.8 Å². The topological polar surface area (TPSA) is 101 Å². The number of benzene rings is 1. The number of hydrogen-bond donors (Lipinski definition) is 4. The Morgan fingerprint density at radius 2 is 1.68 bits per heavy atom. The van der Waals surface area contributed by atoms with E-state index >= 15 is 0 Å². The molecule has 28 heavy (non-hydrogen) atoms. The molecule has 158 valence electrons. The minimum absolute atomic E-state index is 0.0428. The molecule has 0 atom stereocenters. The van der Waals surface area contributed by atoms with E-state index in [2.05, 4.69) is 26.6 Å². The molecule has 1 rings (SSSR count). The van der Waals surface area contributed by atoms with E-state index in [0.717, 1.165) is 62.1 Å². The highest BCUT2D eigenvalue weighted by atomic mass is 16.2. The second kappa shape index (κ2) is 13.1. The lowest BCUT2D eigenvalue weighted by atomic mass is 10.1. The summed E-state index contributed by atoms with van der Waals surface area (Å²) in [5.41, 5.74) is 7.14. The number of aryl methyl sites for hydroxylation is 1. The van der Waals surface area contributed by atoms with Gasteiger partial charge in [0, 0.05) is 17.9 Å². The van der Waals surface area contributed by atoms with Gasteiger partial charge in [-0.25, -0.2) is 4.79 Å². The monoisotopic (exact) mass is 392 g/mol. The molecule has 0 aliphatic rings. The predicted octanol–water partition coefficient (Wildman–Crippen LogP) is 2.51. The molecule has 0 radical (unpaired) electrons. The lowest BCUT2D eigenvalue weighted by Gasteiger charge is -2.20. The van der Waals surface area contributed by atoms with Crippen molar-refractivity contribution in [1.82, 2.24) is 10.2 Å². The van der Waals surface area contributed by atoms with Gasteiger partial charge < -0.3 is 21.7 Å². The molecule has 0 aliphatic carbocycles. The molecule has 6 N–H and O–H groups in total. The summed E-state index contributed by atoms with van der Waals surface area (Å²) in [6, 6.07) is 3.57. The Hall–Kier alpha value is -2.12. The summed E-state index contributed by atoms with van der Waals surface area (Å²) in [5.74, 6) is -0.0428. The van der Waals surface area contributed by atoms with Crippen molar-refractivity contribution < 1.29 is 15.3 Å². The van der Waals surface area contributed by atoms with Crippen LogP contribution in [0.2, 0.25) is 0 Å². The van der Waals surface area contributed by atoms with Crippen LogP contribution in [0.15, 0.2) is 12.1 Å². The summed E-state index contributed by atoms with van der Waals surface area (Å²) in [6.07, 6.45) is 4.35. The molecular weight excluding hydrogens is 354 g/mol. The number of carbonyl (C=O) groups is 2. The first kappa shape index (κ1) is 23.9. The number of carbonyl (C=O) groups excluding carboxylic acids is 2. The van der Waals surface area contributed by atoms with Crippen LogP contribution in [0.4, 0.5) is 16.2 Å². The third-order valence-corrected chi connectivity index (χ3v) is 4.91. The van der Waals surface area contributed by atoms with Gasteiger partial charge in [0.1, 0.15) is 0 Å². The second-order valence-electron chi connectivity index (χ2n) is 7.09. The summed E-state index contributed by atoms with van der Waals surface area (Å²) in [6.45, 7) is 11.6. The van der Waals surface area contributed by atoms with Crippen molar-refractivity contribution in [1.29, 1.82) is 0 Å². The Balaban J connectivity index is 2.63. The average Bonchev–Trinajstić information content (AvgIpc) is 2.68. The molecule has 0 bridgehead atoms. The van der Waals surface area contributed by atoms with Crippen molar-refractivity contribution in [3.63, 3.8) is 0 Å². The fourth-order valence-electron chi connectivity index (χ4n) is 3.03. The van der Waals surface area contributed by atoms with Crippen molar-refractivity contribution >= 4 is 23.3 Å². The number of quaternary nitrogens is 1. The van der Waals surface area contributed by atoms with Gasteiger partial charge in [-0.1, -0.05) is 26.3 Å². The van der Waals surface area contributed by atoms with Gasteiger partial charge in [-0.3, -0.25) is 9.69 Å². The normalized spacial score (nSPS) is 10.8. The van der Waals surface area contributed by atoms with Crippen LogP contribution in [0, 0.1) is 13.8 Å². The van der Waals surface area contributed by atoms with Gasteiger partial charge in [-0.05, 0) is 63.4 Å². The van der Waals surface area contributed by atoms with Crippen LogP contribution in [-0.4, -0.2) is 49.6 Å². The molecule has 0 saturated heterocycles. The summed E-state index contributed by atoms with van der Waals surface area (Å²) in [7, 11) is 0. The fraction of sp³-hybridized carbons (Fsp3) is 0.619. The molecular formula is C21H38N5O2+. The zero-order valence-corrected chi connectivity index (χ0v) is 18.0. The maximum Gasteiger partial charge on any atom is 0.319 e. The number of unbranched alkanes of at least 4 members (excludes halogenated alkanes) is 3. The van der Waals surface area contributed by atoms with Crippen molar-refractivity contribution in [3.8, 4) is 0 Å². The van der Waals surface area contributed by atoms with Crippen LogP contribution in [0.1, 0.15) is 50.7 Å². The van der Waals surface area contributed by atoms with Crippen molar-refractivity contribution in [2.75, 3.05) is 43.4 Å². The van der Waals surface area contributed by atoms with Gasteiger partial charge in [0.15, 0.2) is 0 Å². The molecule has 1 aromatic rings. The summed E-state index contributed by atoms with van der Waals surface area (Å²) < 4.78 is 0. The van der Waals surface area contributed by atoms with E-state index < -0.39 is 0 Å². The van der Waals surface area contributed by atoms with Crippen LogP contribution in [0.3, 0.4) is 0 Å². The number of rotatable bonds is 12. The lowest BCUT2D eigenvalue weighted by molar-refractivity contribution is -0.368. The number of amides is 3. The number of nitrogens with one attached hydrogen (secondary N) is 3. The van der Waals surface area contributed by atoms with Crippen LogP contribution in [-0.2, 0) is 4.79 Å². The molecule has 0 heterocycles. The standard InChI is InChI=1S/C21H37N5O2/c1-5-26(6-2)15-19(27)25-20-16(3)11-12-18(17(20)4)24-21(28)23-14-10-8-7-9-13-22/h11-12H,5-10,13-15,22H2,1-4H3,(H,25,27)(H2,23,24,28)/p+1. The van der Waals surface area contributed by atoms with Crippen molar-refractivity contribution in [3.05, 3.63) is 23.3 Å². The summed E-state index contributed by atoms with van der Waals surface area (Å²) in [5, 5.41) is 8.79. The fourth-order valence-corrected chi connectivity index (χ4v) is 3.03. The third kappa shape index (κ3) is 8.27. The summed E-state index contributed by atoms with van der Waals surface area (Å²) in [4.78, 5) is 26.6. The average molecular weight is 393 g/mol. The molecule has 0 aromatic heterocycles. The van der Waals surface area contributed by atoms with E-state index in [1.54, 1.807) is 0 Å². The first-order chi connectivity index (χ1) is 13.4. The Bertz CT molecular complexity index is 629. The minimum Gasteiger partial charge on any atom is -0.358 e. The third-order valence-electron chi connectivity index (χ3n) is 4.91. The van der Waals surface area contributed by atoms with E-state index in [4.69, 9.17) is 0 Å². The largest absolute Gasteiger partial charge is 0.358 e. The molecule has 7 nitrogen and oxygen atoms in total. The molecule has 0 spiro atoms. The minimum atomic E-state index is -0.218. The molecule has 3 amide bonds. The Kier molecular flexibility index (Phi) is 11.2. The second-order valence-corrected chi connectivity index (χ2v) is 7.09. The number of hydrogen-bond acceptors (Lipinski definition) is 3. The van der Waals surface area contributed by atoms with E-state index in [1.165, 1.54) is 0 Å². The van der Waals surface area contributed by atoms with Crippen LogP contribution < -0.4 is 21.7 Å². The van der Waals surface area contributed by atoms with E-state index in [0.29, 0.717) is 18.8 Å². The van der Waals surface area contributed by atoms with Crippen molar-refractivity contribution in [2.24, 2.45) is 0 Å². The quantitative estimate of drug-likeness (QED) is 0.411. The van der Waals surface area contributed by atoms with Gasteiger partial charge in [0.05, 0.1) is 13.1 Å². The number of urea groups is 1. The number of likely N-dealkylation sites (N-methyl/N-ethyl adjacent to an activating group) is 1. The Labute approximate surface area is 169 Å². The van der Waals surface area contributed by atoms with Gasteiger partial charge in [0.25, 0.3) is 0 Å². The van der Waals surface area contributed by atoms with Gasteiger partial charge >= 0.3 is 6.03 Å². The molecule has 0 unspecified atom stereocenters. The van der Waals surface area contributed by atoms with Crippen LogP contribution >= 0.6 is 0 Å². The van der Waals surface area contributed by atoms with E-state index in [9.17, 15) is 9.59 Å². The van der Waals surface area contributed by atoms with Crippen LogP contribution in [0.25, 0.3) is 0 Å². The zero-order valence-electron chi connectivity index (χ0n) is 18.0. The summed E-state index contributed by atoms with van der Waals surface area (Å²) >= 11 is 0. The predicted molar refractivity (Wildman–Crippen MR) is 116 cm³/mol. The highest BCUT2D eigenvalue weighted by Crippen LogP contribution is 2.27. The molecule has 0 aliphatic heterocycles. The Morgan fingerprint density at radius 3 is 2.32 bits per heavy atom. The first-order valence-electron chi connectivity index (χ1n) is 10.4. The van der Waals surface area contributed by atoms with Crippen LogP contribution in [0.5, 0.6) is 0 Å². The Morgan fingerprint density at radius 1 is 1.00 bits per heavy atom. The molecule has 1 aromatic carbocycles. The van der Waals surface area contributed by atoms with Gasteiger partial charge in [-0.2, -0.15) is 0 Å². The zero-order chi connectivity index (χ0) is 20.9. The molecule has 0 fully saturated rings. The molecule has 7 heteroatoms. The van der Waals surface area contributed by atoms with Gasteiger partial charge in [-0.15, -0.1) is 0 Å². The SMILES string of the molecule is CCN(CC)CC(=O)Nc1c(C)ccc(NC(=O)NCCCCCC[NH3+])c1C. The maximum absolute atomic E-state index is 12.4. The smallest absolute Gasteiger partial charge is 0.319 e. The van der Waals surface area contributed by atoms with E-state index in [-0.39, 0.29) is 11.9 Å². The lowest BCUT2D eigenvalue weighted by Crippen LogP contribution is -2.50. The first-order valence-corrected chi connectivity index (χ1v) is 10.4. The highest BCUT2D eigenvalue weighted by molar-refractivity contribution is 5.96. The highest BCUT2D eigenvalue weighted by Gasteiger charge is 2.14.